The number of methoxy groups -OCH3 is 1. The van der Waals surface area contributed by atoms with Gasteiger partial charge in [0.05, 0.1) is 25.4 Å². The van der Waals surface area contributed by atoms with Crippen LogP contribution in [-0.2, 0) is 17.8 Å². The first kappa shape index (κ1) is 19.1. The van der Waals surface area contributed by atoms with Crippen LogP contribution >= 0.6 is 11.8 Å². The van der Waals surface area contributed by atoms with Crippen molar-refractivity contribution in [2.24, 2.45) is 4.99 Å². The van der Waals surface area contributed by atoms with Gasteiger partial charge >= 0.3 is 0 Å². The first-order valence-corrected chi connectivity index (χ1v) is 9.86. The maximum atomic E-state index is 5.15. The molecule has 2 rings (SSSR count). The highest BCUT2D eigenvalue weighted by Gasteiger charge is 2.16. The van der Waals surface area contributed by atoms with E-state index in [-0.39, 0.29) is 0 Å². The lowest BCUT2D eigenvalue weighted by Gasteiger charge is -2.14. The number of aromatic nitrogens is 2. The number of nitrogens with zero attached hydrogens (tertiary/aromatic N) is 3. The summed E-state index contributed by atoms with van der Waals surface area (Å²) < 4.78 is 7.16. The highest BCUT2D eigenvalue weighted by Crippen LogP contribution is 2.25. The molecule has 2 N–H and O–H groups in total. The highest BCUT2D eigenvalue weighted by atomic mass is 32.2. The Labute approximate surface area is 149 Å². The molecule has 2 heterocycles. The molecule has 1 atom stereocenters. The molecule has 0 bridgehead atoms. The predicted molar refractivity (Wildman–Crippen MR) is 102 cm³/mol. The minimum atomic E-state index is 0.651. The molecular formula is C17H31N5OS. The molecular weight excluding hydrogens is 322 g/mol. The lowest BCUT2D eigenvalue weighted by Crippen LogP contribution is -2.40. The number of nitrogens with one attached hydrogen (secondary N) is 2. The van der Waals surface area contributed by atoms with Gasteiger partial charge in [0.2, 0.25) is 0 Å². The van der Waals surface area contributed by atoms with E-state index in [1.165, 1.54) is 29.9 Å². The largest absolute Gasteiger partial charge is 0.383 e. The summed E-state index contributed by atoms with van der Waals surface area (Å²) in [6.45, 7) is 10.2. The number of guanidine groups is 1. The third-order valence-electron chi connectivity index (χ3n) is 4.30. The molecule has 136 valence electrons. The zero-order valence-corrected chi connectivity index (χ0v) is 16.2. The Kier molecular flexibility index (Phi) is 7.91. The number of hydrogen-bond donors (Lipinski definition) is 2. The van der Waals surface area contributed by atoms with Crippen LogP contribution < -0.4 is 10.6 Å². The Balaban J connectivity index is 1.97. The van der Waals surface area contributed by atoms with E-state index in [1.54, 1.807) is 7.11 Å². The molecule has 0 saturated carbocycles. The van der Waals surface area contributed by atoms with Gasteiger partial charge in [-0.25, -0.2) is 4.99 Å². The van der Waals surface area contributed by atoms with E-state index < -0.39 is 0 Å². The van der Waals surface area contributed by atoms with Crippen molar-refractivity contribution in [1.29, 1.82) is 0 Å². The molecule has 0 aromatic carbocycles. The van der Waals surface area contributed by atoms with Gasteiger partial charge in [-0.1, -0.05) is 0 Å². The second kappa shape index (κ2) is 9.93. The number of aryl methyl sites for hydroxylation is 1. The van der Waals surface area contributed by atoms with Crippen molar-refractivity contribution in [3.05, 3.63) is 17.0 Å². The predicted octanol–water partition coefficient (Wildman–Crippen LogP) is 2.10. The van der Waals surface area contributed by atoms with Gasteiger partial charge in [0.1, 0.15) is 0 Å². The van der Waals surface area contributed by atoms with Gasteiger partial charge in [-0.2, -0.15) is 16.9 Å². The Bertz CT molecular complexity index is 537. The number of aliphatic imine (C=N–C) groups is 1. The number of thioether (sulfide) groups is 1. The van der Waals surface area contributed by atoms with E-state index in [0.29, 0.717) is 18.4 Å². The van der Waals surface area contributed by atoms with Crippen LogP contribution in [0.4, 0.5) is 0 Å². The molecule has 6 nitrogen and oxygen atoms in total. The average Bonchev–Trinajstić information content (AvgIpc) is 3.17. The topological polar surface area (TPSA) is 63.5 Å². The second-order valence-corrected chi connectivity index (χ2v) is 7.48. The Hall–Kier alpha value is -1.21. The van der Waals surface area contributed by atoms with E-state index in [9.17, 15) is 0 Å². The summed E-state index contributed by atoms with van der Waals surface area (Å²) >= 11 is 2.06. The van der Waals surface area contributed by atoms with E-state index in [4.69, 9.17) is 9.73 Å². The molecule has 1 aliphatic heterocycles. The second-order valence-electron chi connectivity index (χ2n) is 6.08. The molecule has 1 saturated heterocycles. The number of rotatable bonds is 8. The summed E-state index contributed by atoms with van der Waals surface area (Å²) in [4.78, 5) is 4.76. The highest BCUT2D eigenvalue weighted by molar-refractivity contribution is 8.00. The molecule has 1 aromatic rings. The maximum absolute atomic E-state index is 5.15. The van der Waals surface area contributed by atoms with Crippen LogP contribution in [0.3, 0.4) is 0 Å². The number of hydrogen-bond acceptors (Lipinski definition) is 4. The SMILES string of the molecule is CCNC(=NCc1c(C)nn(CCOC)c1C)NCC1CCCS1. The Morgan fingerprint density at radius 1 is 1.42 bits per heavy atom. The number of ether oxygens (including phenoxy) is 1. The molecule has 7 heteroatoms. The zero-order valence-electron chi connectivity index (χ0n) is 15.4. The molecule has 0 amide bonds. The van der Waals surface area contributed by atoms with Crippen molar-refractivity contribution in [2.75, 3.05) is 32.6 Å². The van der Waals surface area contributed by atoms with Crippen LogP contribution in [0.15, 0.2) is 4.99 Å². The fourth-order valence-corrected chi connectivity index (χ4v) is 4.08. The fourth-order valence-electron chi connectivity index (χ4n) is 2.87. The monoisotopic (exact) mass is 353 g/mol. The fraction of sp³-hybridized carbons (Fsp3) is 0.765. The molecule has 1 fully saturated rings. The lowest BCUT2D eigenvalue weighted by molar-refractivity contribution is 0.182. The minimum Gasteiger partial charge on any atom is -0.383 e. The van der Waals surface area contributed by atoms with Crippen LogP contribution in [0.2, 0.25) is 0 Å². The van der Waals surface area contributed by atoms with Crippen molar-refractivity contribution in [3.8, 4) is 0 Å². The molecule has 1 aliphatic rings. The van der Waals surface area contributed by atoms with Crippen LogP contribution in [0.25, 0.3) is 0 Å². The quantitative estimate of drug-likeness (QED) is 0.553. The van der Waals surface area contributed by atoms with Gasteiger partial charge in [-0.3, -0.25) is 4.68 Å². The summed E-state index contributed by atoms with van der Waals surface area (Å²) in [5.41, 5.74) is 3.43. The van der Waals surface area contributed by atoms with Gasteiger partial charge in [-0.05, 0) is 39.4 Å². The Morgan fingerprint density at radius 2 is 2.25 bits per heavy atom. The third kappa shape index (κ3) is 5.41. The van der Waals surface area contributed by atoms with Crippen LogP contribution in [0.5, 0.6) is 0 Å². The van der Waals surface area contributed by atoms with E-state index in [2.05, 4.69) is 48.3 Å². The maximum Gasteiger partial charge on any atom is 0.191 e. The van der Waals surface area contributed by atoms with E-state index >= 15 is 0 Å². The molecule has 0 aliphatic carbocycles. The normalized spacial score (nSPS) is 18.2. The van der Waals surface area contributed by atoms with Crippen molar-refractivity contribution in [3.63, 3.8) is 0 Å². The first-order valence-electron chi connectivity index (χ1n) is 8.81. The summed E-state index contributed by atoms with van der Waals surface area (Å²) in [6, 6.07) is 0. The smallest absolute Gasteiger partial charge is 0.191 e. The van der Waals surface area contributed by atoms with Crippen LogP contribution in [-0.4, -0.2) is 53.5 Å². The van der Waals surface area contributed by atoms with Crippen molar-refractivity contribution >= 4 is 17.7 Å². The van der Waals surface area contributed by atoms with E-state index in [1.807, 2.05) is 4.68 Å². The first-order chi connectivity index (χ1) is 11.7. The standard InChI is InChI=1S/C17H31N5OS/c1-5-18-17(19-11-15-7-6-10-24-15)20-12-16-13(2)21-22(14(16)3)8-9-23-4/h15H,5-12H2,1-4H3,(H2,18,19,20). The van der Waals surface area contributed by atoms with Crippen molar-refractivity contribution in [1.82, 2.24) is 20.4 Å². The van der Waals surface area contributed by atoms with Gasteiger partial charge in [0.25, 0.3) is 0 Å². The lowest BCUT2D eigenvalue weighted by atomic mass is 10.2. The van der Waals surface area contributed by atoms with Crippen LogP contribution in [0, 0.1) is 13.8 Å². The molecule has 24 heavy (non-hydrogen) atoms. The molecule has 0 spiro atoms. The van der Waals surface area contributed by atoms with Gasteiger partial charge in [-0.15, -0.1) is 0 Å². The van der Waals surface area contributed by atoms with Crippen molar-refractivity contribution in [2.45, 2.75) is 52.0 Å². The summed E-state index contributed by atoms with van der Waals surface area (Å²) in [6.07, 6.45) is 2.64. The molecule has 1 aromatic heterocycles. The summed E-state index contributed by atoms with van der Waals surface area (Å²) in [5, 5.41) is 12.1. The average molecular weight is 354 g/mol. The zero-order chi connectivity index (χ0) is 17.4. The summed E-state index contributed by atoms with van der Waals surface area (Å²) in [7, 11) is 1.72. The summed E-state index contributed by atoms with van der Waals surface area (Å²) in [5.74, 6) is 2.19. The molecule has 1 unspecified atom stereocenters. The van der Waals surface area contributed by atoms with Crippen LogP contribution in [0.1, 0.15) is 36.7 Å². The minimum absolute atomic E-state index is 0.651. The van der Waals surface area contributed by atoms with Gasteiger partial charge in [0.15, 0.2) is 5.96 Å². The van der Waals surface area contributed by atoms with E-state index in [0.717, 1.165) is 31.3 Å². The third-order valence-corrected chi connectivity index (χ3v) is 5.70. The van der Waals surface area contributed by atoms with Crippen molar-refractivity contribution < 1.29 is 4.74 Å². The Morgan fingerprint density at radius 3 is 2.92 bits per heavy atom. The van der Waals surface area contributed by atoms with Gasteiger partial charge < -0.3 is 15.4 Å². The molecule has 0 radical (unpaired) electrons. The van der Waals surface area contributed by atoms with Gasteiger partial charge in [0, 0.05) is 36.7 Å².